The van der Waals surface area contributed by atoms with Crippen molar-refractivity contribution in [2.24, 2.45) is 0 Å². The first-order valence-corrected chi connectivity index (χ1v) is 3.36. The Morgan fingerprint density at radius 2 is 2.00 bits per heavy atom. The lowest BCUT2D eigenvalue weighted by molar-refractivity contribution is -0.274. The molecule has 0 bridgehead atoms. The van der Waals surface area contributed by atoms with Gasteiger partial charge < -0.3 is 10.5 Å². The van der Waals surface area contributed by atoms with Gasteiger partial charge >= 0.3 is 6.36 Å². The van der Waals surface area contributed by atoms with E-state index in [2.05, 4.69) is 9.72 Å². The molecule has 0 spiro atoms. The number of nitrogen functional groups attached to an aromatic ring is 1. The Balaban J connectivity index is 3.00. The quantitative estimate of drug-likeness (QED) is 0.738. The Bertz CT molecular complexity index is 291. The summed E-state index contributed by atoms with van der Waals surface area (Å²) >= 11 is 0. The van der Waals surface area contributed by atoms with Crippen LogP contribution in [0.2, 0.25) is 0 Å². The predicted octanol–water partition coefficient (Wildman–Crippen LogP) is 1.87. The van der Waals surface area contributed by atoms with E-state index in [1.165, 1.54) is 13.1 Å². The third kappa shape index (κ3) is 2.50. The van der Waals surface area contributed by atoms with Crippen molar-refractivity contribution < 1.29 is 17.9 Å². The van der Waals surface area contributed by atoms with Crippen LogP contribution in [0.25, 0.3) is 0 Å². The molecule has 1 aromatic rings. The van der Waals surface area contributed by atoms with Gasteiger partial charge in [0.2, 0.25) is 0 Å². The second kappa shape index (κ2) is 3.12. The van der Waals surface area contributed by atoms with Crippen LogP contribution in [0.4, 0.5) is 18.9 Å². The molecule has 2 N–H and O–H groups in total. The monoisotopic (exact) mass is 192 g/mol. The summed E-state index contributed by atoms with van der Waals surface area (Å²) in [7, 11) is 0. The first-order chi connectivity index (χ1) is 5.90. The molecule has 1 aromatic heterocycles. The summed E-state index contributed by atoms with van der Waals surface area (Å²) in [5.74, 6) is -0.387. The number of nitrogens with zero attached hydrogens (tertiary/aromatic N) is 1. The fraction of sp³-hybridized carbons (Fsp3) is 0.286. The van der Waals surface area contributed by atoms with Crippen LogP contribution >= 0.6 is 0 Å². The molecule has 0 saturated heterocycles. The predicted molar refractivity (Wildman–Crippen MR) is 40.1 cm³/mol. The van der Waals surface area contributed by atoms with Gasteiger partial charge in [-0.15, -0.1) is 13.2 Å². The van der Waals surface area contributed by atoms with Crippen molar-refractivity contribution in [2.75, 3.05) is 5.73 Å². The molecule has 6 heteroatoms. The summed E-state index contributed by atoms with van der Waals surface area (Å²) in [4.78, 5) is 3.60. The Labute approximate surface area is 72.3 Å². The van der Waals surface area contributed by atoms with Gasteiger partial charge in [0.15, 0.2) is 5.75 Å². The second-order valence-corrected chi connectivity index (χ2v) is 2.42. The van der Waals surface area contributed by atoms with Crippen molar-refractivity contribution in [2.45, 2.75) is 13.3 Å². The molecule has 0 amide bonds. The van der Waals surface area contributed by atoms with Crippen LogP contribution in [-0.4, -0.2) is 11.3 Å². The molecule has 0 atom stereocenters. The standard InChI is InChI=1S/C7H7F3N2O/c1-4-2-12-3-5(11)6(4)13-7(8,9)10/h2-3H,11H2,1H3. The summed E-state index contributed by atoms with van der Waals surface area (Å²) in [6.45, 7) is 1.43. The highest BCUT2D eigenvalue weighted by Crippen LogP contribution is 2.30. The summed E-state index contributed by atoms with van der Waals surface area (Å²) in [5, 5.41) is 0. The lowest BCUT2D eigenvalue weighted by Crippen LogP contribution is -2.18. The molecule has 0 aliphatic heterocycles. The molecular weight excluding hydrogens is 185 g/mol. The number of alkyl halides is 3. The van der Waals surface area contributed by atoms with E-state index in [9.17, 15) is 13.2 Å². The average Bonchev–Trinajstić information content (AvgIpc) is 1.95. The summed E-state index contributed by atoms with van der Waals surface area (Å²) in [5.41, 5.74) is 5.36. The molecule has 13 heavy (non-hydrogen) atoms. The zero-order valence-corrected chi connectivity index (χ0v) is 6.72. The Hall–Kier alpha value is -1.46. The van der Waals surface area contributed by atoms with Crippen molar-refractivity contribution in [1.29, 1.82) is 0 Å². The fourth-order valence-corrected chi connectivity index (χ4v) is 0.829. The first-order valence-electron chi connectivity index (χ1n) is 3.36. The fourth-order valence-electron chi connectivity index (χ4n) is 0.829. The van der Waals surface area contributed by atoms with Gasteiger partial charge in [-0.1, -0.05) is 0 Å². The maximum Gasteiger partial charge on any atom is 0.573 e. The van der Waals surface area contributed by atoms with Crippen LogP contribution in [0.15, 0.2) is 12.4 Å². The zero-order chi connectivity index (χ0) is 10.1. The molecule has 0 radical (unpaired) electrons. The molecule has 0 saturated carbocycles. The highest BCUT2D eigenvalue weighted by molar-refractivity contribution is 5.54. The average molecular weight is 192 g/mol. The SMILES string of the molecule is Cc1cncc(N)c1OC(F)(F)F. The van der Waals surface area contributed by atoms with Gasteiger partial charge in [0, 0.05) is 11.8 Å². The number of hydrogen-bond donors (Lipinski definition) is 1. The highest BCUT2D eigenvalue weighted by Gasteiger charge is 2.32. The van der Waals surface area contributed by atoms with Crippen molar-refractivity contribution >= 4 is 5.69 Å². The van der Waals surface area contributed by atoms with Crippen LogP contribution in [0.3, 0.4) is 0 Å². The molecule has 0 aliphatic rings. The lowest BCUT2D eigenvalue weighted by atomic mass is 10.2. The van der Waals surface area contributed by atoms with E-state index >= 15 is 0 Å². The number of aryl methyl sites for hydroxylation is 1. The molecular formula is C7H7F3N2O. The van der Waals surface area contributed by atoms with Crippen LogP contribution in [0.5, 0.6) is 5.75 Å². The van der Waals surface area contributed by atoms with Crippen LogP contribution in [0, 0.1) is 6.92 Å². The third-order valence-electron chi connectivity index (χ3n) is 1.32. The van der Waals surface area contributed by atoms with Crippen LogP contribution < -0.4 is 10.5 Å². The minimum absolute atomic E-state index is 0.127. The van der Waals surface area contributed by atoms with E-state index in [1.807, 2.05) is 0 Å². The molecule has 0 unspecified atom stereocenters. The molecule has 72 valence electrons. The topological polar surface area (TPSA) is 48.1 Å². The van der Waals surface area contributed by atoms with E-state index in [0.717, 1.165) is 6.20 Å². The zero-order valence-electron chi connectivity index (χ0n) is 6.72. The molecule has 0 fully saturated rings. The molecule has 3 nitrogen and oxygen atoms in total. The largest absolute Gasteiger partial charge is 0.573 e. The first kappa shape index (κ1) is 9.63. The maximum absolute atomic E-state index is 11.8. The number of nitrogens with two attached hydrogens (primary N) is 1. The Kier molecular flexibility index (Phi) is 2.31. The smallest absolute Gasteiger partial charge is 0.403 e. The number of halogens is 3. The van der Waals surface area contributed by atoms with E-state index in [4.69, 9.17) is 5.73 Å². The number of anilines is 1. The number of pyridine rings is 1. The van der Waals surface area contributed by atoms with Crippen molar-refractivity contribution in [3.63, 3.8) is 0 Å². The van der Waals surface area contributed by atoms with Gasteiger partial charge in [-0.2, -0.15) is 0 Å². The lowest BCUT2D eigenvalue weighted by Gasteiger charge is -2.12. The van der Waals surface area contributed by atoms with Crippen molar-refractivity contribution in [3.8, 4) is 5.75 Å². The van der Waals surface area contributed by atoms with Gasteiger partial charge in [-0.3, -0.25) is 4.98 Å². The minimum atomic E-state index is -4.72. The molecule has 1 heterocycles. The molecule has 1 rings (SSSR count). The van der Waals surface area contributed by atoms with Gasteiger partial charge in [0.25, 0.3) is 0 Å². The number of hydrogen-bond acceptors (Lipinski definition) is 3. The summed E-state index contributed by atoms with van der Waals surface area (Å²) < 4.78 is 39.1. The molecule has 0 aromatic carbocycles. The van der Waals surface area contributed by atoms with Crippen LogP contribution in [-0.2, 0) is 0 Å². The number of rotatable bonds is 1. The van der Waals surface area contributed by atoms with E-state index in [0.29, 0.717) is 0 Å². The van der Waals surface area contributed by atoms with Gasteiger partial charge in [-0.25, -0.2) is 0 Å². The Morgan fingerprint density at radius 3 is 2.46 bits per heavy atom. The van der Waals surface area contributed by atoms with E-state index in [1.54, 1.807) is 0 Å². The van der Waals surface area contributed by atoms with Crippen LogP contribution in [0.1, 0.15) is 5.56 Å². The third-order valence-corrected chi connectivity index (χ3v) is 1.32. The summed E-state index contributed by atoms with van der Waals surface area (Å²) in [6.07, 6.45) is -2.37. The van der Waals surface area contributed by atoms with E-state index < -0.39 is 6.36 Å². The Morgan fingerprint density at radius 1 is 1.38 bits per heavy atom. The minimum Gasteiger partial charge on any atom is -0.403 e. The van der Waals surface area contributed by atoms with Crippen molar-refractivity contribution in [1.82, 2.24) is 4.98 Å². The normalized spacial score (nSPS) is 11.4. The maximum atomic E-state index is 11.8. The van der Waals surface area contributed by atoms with E-state index in [-0.39, 0.29) is 17.0 Å². The number of aromatic nitrogens is 1. The molecule has 0 aliphatic carbocycles. The van der Waals surface area contributed by atoms with Gasteiger partial charge in [-0.05, 0) is 6.92 Å². The summed E-state index contributed by atoms with van der Waals surface area (Å²) in [6, 6.07) is 0. The van der Waals surface area contributed by atoms with Crippen molar-refractivity contribution in [3.05, 3.63) is 18.0 Å². The highest BCUT2D eigenvalue weighted by atomic mass is 19.4. The van der Waals surface area contributed by atoms with Gasteiger partial charge in [0.05, 0.1) is 11.9 Å². The second-order valence-electron chi connectivity index (χ2n) is 2.42. The van der Waals surface area contributed by atoms with Gasteiger partial charge in [0.1, 0.15) is 0 Å². The number of ether oxygens (including phenoxy) is 1.